The summed E-state index contributed by atoms with van der Waals surface area (Å²) in [7, 11) is -0.749. The highest BCUT2D eigenvalue weighted by atomic mass is 32.2. The third kappa shape index (κ3) is 4.76. The second kappa shape index (κ2) is 9.36. The predicted octanol–water partition coefficient (Wildman–Crippen LogP) is 3.13. The van der Waals surface area contributed by atoms with Crippen LogP contribution in [0.5, 0.6) is 11.5 Å². The molecule has 1 aromatic heterocycles. The normalized spacial score (nSPS) is 13.0. The predicted molar refractivity (Wildman–Crippen MR) is 105 cm³/mol. The number of nitrogens with zero attached hydrogens (tertiary/aromatic N) is 1. The van der Waals surface area contributed by atoms with Crippen molar-refractivity contribution in [2.24, 2.45) is 0 Å². The Hall–Kier alpha value is -1.61. The van der Waals surface area contributed by atoms with Crippen molar-refractivity contribution in [1.82, 2.24) is 9.62 Å². The maximum Gasteiger partial charge on any atom is 0.244 e. The summed E-state index contributed by atoms with van der Waals surface area (Å²) in [5.41, 5.74) is 0. The van der Waals surface area contributed by atoms with Gasteiger partial charge in [-0.15, -0.1) is 11.3 Å². The number of thiophene rings is 1. The van der Waals surface area contributed by atoms with Crippen LogP contribution in [0.15, 0.2) is 40.6 Å². The highest BCUT2D eigenvalue weighted by Gasteiger charge is 2.25. The minimum atomic E-state index is -3.72. The number of methoxy groups -OCH3 is 2. The van der Waals surface area contributed by atoms with Crippen molar-refractivity contribution in [2.45, 2.75) is 24.8 Å². The van der Waals surface area contributed by atoms with E-state index in [0.29, 0.717) is 12.3 Å². The third-order valence-electron chi connectivity index (χ3n) is 4.25. The summed E-state index contributed by atoms with van der Waals surface area (Å²) in [4.78, 5) is 3.47. The van der Waals surface area contributed by atoms with Crippen LogP contribution in [-0.4, -0.2) is 47.2 Å². The van der Waals surface area contributed by atoms with Gasteiger partial charge in [0.05, 0.1) is 20.3 Å². The van der Waals surface area contributed by atoms with Crippen LogP contribution in [0.3, 0.4) is 0 Å². The number of sulfonamides is 1. The fraction of sp³-hybridized carbons (Fsp3) is 0.444. The lowest BCUT2D eigenvalue weighted by molar-refractivity contribution is 0.223. The van der Waals surface area contributed by atoms with Crippen LogP contribution in [0.4, 0.5) is 0 Å². The van der Waals surface area contributed by atoms with Crippen molar-refractivity contribution >= 4 is 21.4 Å². The molecule has 0 spiro atoms. The maximum atomic E-state index is 12.8. The molecule has 0 radical (unpaired) electrons. The van der Waals surface area contributed by atoms with Crippen LogP contribution in [-0.2, 0) is 10.0 Å². The van der Waals surface area contributed by atoms with E-state index in [1.165, 1.54) is 20.3 Å². The van der Waals surface area contributed by atoms with E-state index in [4.69, 9.17) is 9.47 Å². The van der Waals surface area contributed by atoms with E-state index in [9.17, 15) is 8.42 Å². The molecular weight excluding hydrogens is 372 g/mol. The van der Waals surface area contributed by atoms with Crippen LogP contribution in [0.25, 0.3) is 0 Å². The van der Waals surface area contributed by atoms with E-state index >= 15 is 0 Å². The molecular formula is C18H26N2O4S2. The fourth-order valence-corrected chi connectivity index (χ4v) is 4.87. The van der Waals surface area contributed by atoms with Crippen LogP contribution >= 0.6 is 11.3 Å². The van der Waals surface area contributed by atoms with Crippen molar-refractivity contribution < 1.29 is 17.9 Å². The minimum Gasteiger partial charge on any atom is -0.497 e. The van der Waals surface area contributed by atoms with Gasteiger partial charge in [0.25, 0.3) is 0 Å². The Morgan fingerprint density at radius 1 is 1.15 bits per heavy atom. The molecule has 0 amide bonds. The number of ether oxygens (including phenoxy) is 2. The van der Waals surface area contributed by atoms with E-state index in [1.807, 2.05) is 17.5 Å². The SMILES string of the molecule is CCN(CC)C(CNS(=O)(=O)c1ccc(OC)cc1OC)c1cccs1. The molecule has 8 heteroatoms. The number of rotatable bonds is 10. The highest BCUT2D eigenvalue weighted by Crippen LogP contribution is 2.29. The maximum absolute atomic E-state index is 12.8. The molecule has 1 aromatic carbocycles. The van der Waals surface area contributed by atoms with Crippen molar-refractivity contribution in [3.63, 3.8) is 0 Å². The first-order valence-electron chi connectivity index (χ1n) is 8.45. The molecule has 0 saturated carbocycles. The van der Waals surface area contributed by atoms with Crippen LogP contribution < -0.4 is 14.2 Å². The lowest BCUT2D eigenvalue weighted by Crippen LogP contribution is -2.37. The van der Waals surface area contributed by atoms with E-state index in [-0.39, 0.29) is 16.7 Å². The molecule has 0 saturated heterocycles. The van der Waals surface area contributed by atoms with E-state index in [1.54, 1.807) is 23.5 Å². The second-order valence-corrected chi connectivity index (χ2v) is 8.34. The van der Waals surface area contributed by atoms with E-state index < -0.39 is 10.0 Å². The van der Waals surface area contributed by atoms with Gasteiger partial charge in [-0.1, -0.05) is 19.9 Å². The molecule has 0 fully saturated rings. The molecule has 6 nitrogen and oxygen atoms in total. The van der Waals surface area contributed by atoms with Crippen LogP contribution in [0, 0.1) is 0 Å². The van der Waals surface area contributed by atoms with Gasteiger partial charge in [0.15, 0.2) is 0 Å². The zero-order valence-corrected chi connectivity index (χ0v) is 17.2. The van der Waals surface area contributed by atoms with Crippen molar-refractivity contribution in [1.29, 1.82) is 0 Å². The molecule has 0 aliphatic carbocycles. The van der Waals surface area contributed by atoms with Crippen molar-refractivity contribution in [3.05, 3.63) is 40.6 Å². The fourth-order valence-electron chi connectivity index (χ4n) is 2.82. The molecule has 1 N–H and O–H groups in total. The Balaban J connectivity index is 2.25. The van der Waals surface area contributed by atoms with E-state index in [0.717, 1.165) is 18.0 Å². The number of hydrogen-bond acceptors (Lipinski definition) is 6. The Kier molecular flexibility index (Phi) is 7.45. The second-order valence-electron chi connectivity index (χ2n) is 5.62. The van der Waals surface area contributed by atoms with Crippen molar-refractivity contribution in [3.8, 4) is 11.5 Å². The summed E-state index contributed by atoms with van der Waals surface area (Å²) >= 11 is 1.63. The molecule has 2 aromatic rings. The van der Waals surface area contributed by atoms with Gasteiger partial charge in [-0.3, -0.25) is 4.90 Å². The molecule has 1 heterocycles. The third-order valence-corrected chi connectivity index (χ3v) is 6.69. The zero-order valence-electron chi connectivity index (χ0n) is 15.6. The summed E-state index contributed by atoms with van der Waals surface area (Å²) in [6.45, 7) is 6.12. The Morgan fingerprint density at radius 3 is 2.42 bits per heavy atom. The summed E-state index contributed by atoms with van der Waals surface area (Å²) in [6.07, 6.45) is 0. The molecule has 0 aliphatic rings. The topological polar surface area (TPSA) is 67.9 Å². The summed E-state index contributed by atoms with van der Waals surface area (Å²) in [5.74, 6) is 0.799. The van der Waals surface area contributed by atoms with Crippen molar-refractivity contribution in [2.75, 3.05) is 33.9 Å². The summed E-state index contributed by atoms with van der Waals surface area (Å²) in [5, 5.41) is 2.01. The van der Waals surface area contributed by atoms with Gasteiger partial charge in [0.1, 0.15) is 16.4 Å². The van der Waals surface area contributed by atoms with Gasteiger partial charge < -0.3 is 9.47 Å². The molecule has 26 heavy (non-hydrogen) atoms. The zero-order chi connectivity index (χ0) is 19.2. The molecule has 0 bridgehead atoms. The molecule has 144 valence electrons. The monoisotopic (exact) mass is 398 g/mol. The Bertz CT molecular complexity index is 788. The average molecular weight is 399 g/mol. The first-order valence-corrected chi connectivity index (χ1v) is 10.8. The molecule has 2 rings (SSSR count). The van der Waals surface area contributed by atoms with Crippen LogP contribution in [0.2, 0.25) is 0 Å². The number of nitrogens with one attached hydrogen (secondary N) is 1. The quantitative estimate of drug-likeness (QED) is 0.666. The largest absolute Gasteiger partial charge is 0.497 e. The summed E-state index contributed by atoms with van der Waals surface area (Å²) < 4.78 is 38.8. The minimum absolute atomic E-state index is 0.0102. The van der Waals surface area contributed by atoms with Crippen LogP contribution in [0.1, 0.15) is 24.8 Å². The number of benzene rings is 1. The van der Waals surface area contributed by atoms with Gasteiger partial charge in [-0.25, -0.2) is 13.1 Å². The molecule has 1 unspecified atom stereocenters. The van der Waals surface area contributed by atoms with Gasteiger partial charge in [-0.2, -0.15) is 0 Å². The summed E-state index contributed by atoms with van der Waals surface area (Å²) in [6, 6.07) is 8.68. The standard InChI is InChI=1S/C18H26N2O4S2/c1-5-20(6-2)15(17-8-7-11-25-17)13-19-26(21,22)18-10-9-14(23-3)12-16(18)24-4/h7-12,15,19H,5-6,13H2,1-4H3. The van der Waals surface area contributed by atoms with Gasteiger partial charge in [0, 0.05) is 17.5 Å². The first kappa shape index (κ1) is 20.7. The number of hydrogen-bond donors (Lipinski definition) is 1. The van der Waals surface area contributed by atoms with Gasteiger partial charge in [0.2, 0.25) is 10.0 Å². The Morgan fingerprint density at radius 2 is 1.88 bits per heavy atom. The average Bonchev–Trinajstić information content (AvgIpc) is 3.18. The Labute approximate surface area is 159 Å². The lowest BCUT2D eigenvalue weighted by Gasteiger charge is -2.29. The lowest BCUT2D eigenvalue weighted by atomic mass is 10.2. The van der Waals surface area contributed by atoms with Gasteiger partial charge in [-0.05, 0) is 36.7 Å². The van der Waals surface area contributed by atoms with E-state index in [2.05, 4.69) is 23.5 Å². The molecule has 1 atom stereocenters. The smallest absolute Gasteiger partial charge is 0.244 e. The number of likely N-dealkylation sites (N-methyl/N-ethyl adjacent to an activating group) is 1. The highest BCUT2D eigenvalue weighted by molar-refractivity contribution is 7.89. The first-order chi connectivity index (χ1) is 12.5. The van der Waals surface area contributed by atoms with Gasteiger partial charge >= 0.3 is 0 Å². The molecule has 0 aliphatic heterocycles.